The number of fused-ring (bicyclic) bond motifs is 2. The molecule has 350 valence electrons. The third kappa shape index (κ3) is 10.7. The summed E-state index contributed by atoms with van der Waals surface area (Å²) in [4.78, 5) is 62.3. The van der Waals surface area contributed by atoms with Gasteiger partial charge in [-0.3, -0.25) is 43.9 Å². The van der Waals surface area contributed by atoms with Crippen LogP contribution in [0.5, 0.6) is 11.5 Å². The third-order valence-corrected chi connectivity index (χ3v) is 10.5. The zero-order valence-corrected chi connectivity index (χ0v) is 37.9. The standard InChI is InChI=1S/C45H54N16O6/c1-6-60-34(19-27(3)55-60)42(64)53-44-51-32-21-29(40(47)62)23-36(66-17-11-10-14-57-26-31(46)25-50-57)38(32)58(44)15-8-9-16-59-39-33(22-30(41(48)63)24-37(39)67-18-12-13-49-5)52-45(59)54-43(65)35-20-28(4)56-61(35)7-2/h8-11,19-26,49H,6-7,12-18,46H2,1-5H3,(H2,47,62)(H2,48,63)(H,51,53,64)(H,52,54,65)/b9-8+,11-10+. The summed E-state index contributed by atoms with van der Waals surface area (Å²) >= 11 is 0. The van der Waals surface area contributed by atoms with Gasteiger partial charge in [0.05, 0.1) is 47.5 Å². The molecule has 0 bridgehead atoms. The van der Waals surface area contributed by atoms with E-state index in [4.69, 9.17) is 36.6 Å². The highest BCUT2D eigenvalue weighted by molar-refractivity contribution is 6.05. The molecule has 0 aliphatic heterocycles. The van der Waals surface area contributed by atoms with Gasteiger partial charge < -0.3 is 41.1 Å². The number of benzene rings is 2. The summed E-state index contributed by atoms with van der Waals surface area (Å²) in [6.07, 6.45) is 11.3. The second-order valence-corrected chi connectivity index (χ2v) is 15.4. The first-order valence-corrected chi connectivity index (χ1v) is 21.7. The van der Waals surface area contributed by atoms with Crippen LogP contribution >= 0.6 is 0 Å². The molecular weight excluding hydrogens is 861 g/mol. The number of allylic oxidation sites excluding steroid dienone is 3. The Morgan fingerprint density at radius 3 is 1.67 bits per heavy atom. The number of nitrogens with zero attached hydrogens (tertiary/aromatic N) is 10. The minimum absolute atomic E-state index is 0.101. The normalized spacial score (nSPS) is 11.7. The maximum absolute atomic E-state index is 13.9. The molecule has 5 heterocycles. The van der Waals surface area contributed by atoms with E-state index in [-0.39, 0.29) is 48.5 Å². The van der Waals surface area contributed by atoms with Crippen molar-refractivity contribution in [2.45, 2.75) is 66.8 Å². The lowest BCUT2D eigenvalue weighted by molar-refractivity contribution is 0.0991. The van der Waals surface area contributed by atoms with Crippen LogP contribution < -0.4 is 42.6 Å². The molecule has 0 aliphatic rings. The van der Waals surface area contributed by atoms with Crippen molar-refractivity contribution < 1.29 is 28.7 Å². The Kier molecular flexibility index (Phi) is 14.4. The Hall–Kier alpha value is -8.27. The molecule has 0 fully saturated rings. The van der Waals surface area contributed by atoms with Crippen LogP contribution in [-0.4, -0.2) is 98.9 Å². The Morgan fingerprint density at radius 2 is 1.21 bits per heavy atom. The fourth-order valence-electron chi connectivity index (χ4n) is 7.44. The fraction of sp³-hybridized carbons (Fsp3) is 0.311. The Morgan fingerprint density at radius 1 is 0.701 bits per heavy atom. The maximum Gasteiger partial charge on any atom is 0.276 e. The first kappa shape index (κ1) is 46.7. The van der Waals surface area contributed by atoms with Gasteiger partial charge in [0.25, 0.3) is 11.8 Å². The number of anilines is 3. The van der Waals surface area contributed by atoms with E-state index in [9.17, 15) is 19.2 Å². The van der Waals surface area contributed by atoms with Crippen LogP contribution in [-0.2, 0) is 32.7 Å². The summed E-state index contributed by atoms with van der Waals surface area (Å²) in [5.41, 5.74) is 21.9. The number of carbonyl (C=O) groups excluding carboxylic acids is 4. The van der Waals surface area contributed by atoms with E-state index in [1.807, 2.05) is 39.1 Å². The van der Waals surface area contributed by atoms with Gasteiger partial charge in [-0.15, -0.1) is 0 Å². The van der Waals surface area contributed by atoms with Crippen molar-refractivity contribution in [1.82, 2.24) is 53.8 Å². The number of primary amides is 2. The van der Waals surface area contributed by atoms with Crippen molar-refractivity contribution in [3.8, 4) is 11.5 Å². The quantitative estimate of drug-likeness (QED) is 0.0417. The number of carbonyl (C=O) groups is 4. The molecular formula is C45H54N16O6. The Bertz CT molecular complexity index is 3020. The van der Waals surface area contributed by atoms with Gasteiger partial charge in [-0.1, -0.05) is 18.2 Å². The minimum Gasteiger partial charge on any atom is -0.491 e. The molecule has 0 aliphatic carbocycles. The van der Waals surface area contributed by atoms with Crippen LogP contribution in [0.1, 0.15) is 73.3 Å². The minimum atomic E-state index is -0.695. The number of aryl methyl sites for hydroxylation is 4. The molecule has 22 heteroatoms. The zero-order valence-electron chi connectivity index (χ0n) is 37.9. The van der Waals surface area contributed by atoms with Gasteiger partial charge in [-0.2, -0.15) is 15.3 Å². The zero-order chi connectivity index (χ0) is 47.8. The van der Waals surface area contributed by atoms with E-state index < -0.39 is 23.6 Å². The summed E-state index contributed by atoms with van der Waals surface area (Å²) < 4.78 is 20.9. The van der Waals surface area contributed by atoms with Crippen molar-refractivity contribution in [2.24, 2.45) is 11.5 Å². The summed E-state index contributed by atoms with van der Waals surface area (Å²) in [6.45, 7) is 10.1. The van der Waals surface area contributed by atoms with Crippen LogP contribution in [0.25, 0.3) is 22.1 Å². The SMILES string of the molecule is CCn1nc(C)cc1C(=O)Nc1nc2cc(C(N)=O)cc(OC/C=C/Cn3cc(N)cn3)c2n1C/C=C/Cn1c(NC(=O)c2cc(C)nn2CC)nc2cc(C(N)=O)cc(OCCCNC)c21. The average molecular weight is 915 g/mol. The molecule has 7 aromatic rings. The van der Waals surface area contributed by atoms with Gasteiger partial charge >= 0.3 is 0 Å². The van der Waals surface area contributed by atoms with E-state index in [1.165, 1.54) is 12.1 Å². The summed E-state index contributed by atoms with van der Waals surface area (Å²) in [5.74, 6) is -1.29. The first-order valence-electron chi connectivity index (χ1n) is 21.7. The lowest BCUT2D eigenvalue weighted by atomic mass is 10.1. The number of aromatic nitrogens is 10. The number of rotatable bonds is 22. The van der Waals surface area contributed by atoms with Gasteiger partial charge in [0, 0.05) is 43.5 Å². The first-order chi connectivity index (χ1) is 32.3. The molecule has 2 aromatic carbocycles. The van der Waals surface area contributed by atoms with Crippen LogP contribution in [0.3, 0.4) is 0 Å². The molecule has 0 radical (unpaired) electrons. The van der Waals surface area contributed by atoms with Crippen LogP contribution in [0, 0.1) is 13.8 Å². The molecule has 5 aromatic heterocycles. The summed E-state index contributed by atoms with van der Waals surface area (Å²) in [6, 6.07) is 9.56. The number of nitrogens with one attached hydrogen (secondary N) is 3. The van der Waals surface area contributed by atoms with Crippen molar-refractivity contribution in [3.63, 3.8) is 0 Å². The lowest BCUT2D eigenvalue weighted by Gasteiger charge is -2.13. The topological polar surface area (TPSA) is 290 Å². The van der Waals surface area contributed by atoms with Crippen molar-refractivity contribution in [3.05, 3.63) is 107 Å². The van der Waals surface area contributed by atoms with E-state index in [0.717, 1.165) is 0 Å². The van der Waals surface area contributed by atoms with Gasteiger partial charge in [0.2, 0.25) is 23.7 Å². The number of nitrogen functional groups attached to an aromatic ring is 1. The van der Waals surface area contributed by atoms with Crippen molar-refractivity contribution >= 4 is 63.3 Å². The highest BCUT2D eigenvalue weighted by Gasteiger charge is 2.24. The molecule has 9 N–H and O–H groups in total. The number of nitrogens with two attached hydrogens (primary N) is 3. The molecule has 0 saturated heterocycles. The van der Waals surface area contributed by atoms with Gasteiger partial charge in [0.15, 0.2) is 0 Å². The van der Waals surface area contributed by atoms with E-state index in [2.05, 4.69) is 31.2 Å². The predicted molar refractivity (Wildman–Crippen MR) is 252 cm³/mol. The van der Waals surface area contributed by atoms with Crippen LogP contribution in [0.15, 0.2) is 73.1 Å². The number of hydrogen-bond donors (Lipinski definition) is 6. The smallest absolute Gasteiger partial charge is 0.276 e. The number of imidazole rings is 2. The number of ether oxygens (including phenoxy) is 2. The van der Waals surface area contributed by atoms with Crippen LogP contribution in [0.2, 0.25) is 0 Å². The lowest BCUT2D eigenvalue weighted by Crippen LogP contribution is -2.20. The van der Waals surface area contributed by atoms with Crippen molar-refractivity contribution in [2.75, 3.05) is 43.2 Å². The molecule has 0 spiro atoms. The highest BCUT2D eigenvalue weighted by Crippen LogP contribution is 2.33. The average Bonchev–Trinajstić information content (AvgIpc) is 4.13. The monoisotopic (exact) mass is 914 g/mol. The second-order valence-electron chi connectivity index (χ2n) is 15.4. The Labute approximate surface area is 384 Å². The highest BCUT2D eigenvalue weighted by atomic mass is 16.5. The second kappa shape index (κ2) is 20.7. The predicted octanol–water partition coefficient (Wildman–Crippen LogP) is 3.80. The van der Waals surface area contributed by atoms with Gasteiger partial charge in [-0.25, -0.2) is 9.97 Å². The van der Waals surface area contributed by atoms with Crippen molar-refractivity contribution in [1.29, 1.82) is 0 Å². The maximum atomic E-state index is 13.9. The molecule has 0 saturated carbocycles. The Balaban J connectivity index is 1.28. The van der Waals surface area contributed by atoms with Crippen LogP contribution in [0.4, 0.5) is 17.6 Å². The number of amides is 4. The third-order valence-electron chi connectivity index (χ3n) is 10.5. The van der Waals surface area contributed by atoms with E-state index >= 15 is 0 Å². The molecule has 7 rings (SSSR count). The molecule has 22 nitrogen and oxygen atoms in total. The molecule has 0 atom stereocenters. The van der Waals surface area contributed by atoms with E-state index in [1.54, 1.807) is 79.8 Å². The van der Waals surface area contributed by atoms with Gasteiger partial charge in [-0.05, 0) is 90.2 Å². The fourth-order valence-corrected chi connectivity index (χ4v) is 7.44. The molecule has 0 unspecified atom stereocenters. The number of hydrogen-bond acceptors (Lipinski definition) is 13. The summed E-state index contributed by atoms with van der Waals surface area (Å²) in [5, 5.41) is 22.0. The summed E-state index contributed by atoms with van der Waals surface area (Å²) in [7, 11) is 1.84. The van der Waals surface area contributed by atoms with Gasteiger partial charge in [0.1, 0.15) is 40.5 Å². The molecule has 4 amide bonds. The van der Waals surface area contributed by atoms with E-state index in [0.29, 0.717) is 95.5 Å². The molecule has 67 heavy (non-hydrogen) atoms. The largest absolute Gasteiger partial charge is 0.491 e.